The fraction of sp³-hybridized carbons (Fsp3) is 0.364. The van der Waals surface area contributed by atoms with Crippen molar-refractivity contribution in [1.29, 1.82) is 0 Å². The summed E-state index contributed by atoms with van der Waals surface area (Å²) in [5, 5.41) is 0. The Bertz CT molecular complexity index is 634. The van der Waals surface area contributed by atoms with E-state index < -0.39 is 0 Å². The summed E-state index contributed by atoms with van der Waals surface area (Å²) in [6.07, 6.45) is 9.32. The van der Waals surface area contributed by atoms with Gasteiger partial charge in [-0.05, 0) is 65.8 Å². The summed E-state index contributed by atoms with van der Waals surface area (Å²) in [6, 6.07) is 16.1. The molecule has 0 N–H and O–H groups in total. The van der Waals surface area contributed by atoms with Crippen LogP contribution < -0.4 is 0 Å². The van der Waals surface area contributed by atoms with Crippen LogP contribution in [0.4, 0.5) is 0 Å². The van der Waals surface area contributed by atoms with Crippen LogP contribution in [-0.2, 0) is 19.3 Å². The van der Waals surface area contributed by atoms with Crippen LogP contribution in [0.2, 0.25) is 0 Å². The van der Waals surface area contributed by atoms with E-state index in [0.29, 0.717) is 0 Å². The molecule has 3 rings (SSSR count). The molecule has 2 aromatic rings. The molecule has 0 fully saturated rings. The summed E-state index contributed by atoms with van der Waals surface area (Å²) >= 11 is 0. The third-order valence-corrected chi connectivity index (χ3v) is 5.04. The Labute approximate surface area is 134 Å². The van der Waals surface area contributed by atoms with E-state index in [1.165, 1.54) is 42.4 Å². The van der Waals surface area contributed by atoms with Gasteiger partial charge in [0.1, 0.15) is 0 Å². The van der Waals surface area contributed by atoms with Crippen molar-refractivity contribution in [2.24, 2.45) is 5.92 Å². The first kappa shape index (κ1) is 15.1. The van der Waals surface area contributed by atoms with Gasteiger partial charge in [0.05, 0.1) is 0 Å². The summed E-state index contributed by atoms with van der Waals surface area (Å²) in [6.45, 7) is 6.11. The van der Waals surface area contributed by atoms with E-state index in [4.69, 9.17) is 0 Å². The summed E-state index contributed by atoms with van der Waals surface area (Å²) in [4.78, 5) is 0. The number of benzene rings is 2. The largest absolute Gasteiger partial charge is 0.103 e. The summed E-state index contributed by atoms with van der Waals surface area (Å²) in [5.74, 6) is 0.891. The Hall–Kier alpha value is -1.82. The molecule has 0 nitrogen and oxygen atoms in total. The maximum Gasteiger partial charge on any atom is -0.0181 e. The van der Waals surface area contributed by atoms with E-state index in [9.17, 15) is 0 Å². The lowest BCUT2D eigenvalue weighted by Gasteiger charge is -2.24. The molecular formula is C22H26. The van der Waals surface area contributed by atoms with E-state index in [-0.39, 0.29) is 0 Å². The molecule has 1 unspecified atom stereocenters. The molecule has 0 heterocycles. The van der Waals surface area contributed by atoms with E-state index in [2.05, 4.69) is 56.0 Å². The van der Waals surface area contributed by atoms with E-state index in [1.54, 1.807) is 11.1 Å². The molecule has 0 amide bonds. The molecule has 0 bridgehead atoms. The second-order valence-electron chi connectivity index (χ2n) is 6.52. The predicted octanol–water partition coefficient (Wildman–Crippen LogP) is 5.99. The lowest BCUT2D eigenvalue weighted by molar-refractivity contribution is 0.445. The average Bonchev–Trinajstić information content (AvgIpc) is 2.59. The molecule has 0 radical (unpaired) electrons. The Morgan fingerprint density at radius 3 is 2.55 bits per heavy atom. The minimum Gasteiger partial charge on any atom is -0.103 e. The van der Waals surface area contributed by atoms with Gasteiger partial charge < -0.3 is 0 Å². The standard InChI is InChI=1S/C22H26/c1-3-5-6-18-8-10-19(11-9-18)21-14-13-20-15-17(4-2)7-12-22(20)16-21/h3,8-11,13-14,16-17H,1,4-7,12,15H2,2H3. The van der Waals surface area contributed by atoms with Crippen molar-refractivity contribution < 1.29 is 0 Å². The average molecular weight is 290 g/mol. The van der Waals surface area contributed by atoms with Gasteiger partial charge in [-0.25, -0.2) is 0 Å². The van der Waals surface area contributed by atoms with Gasteiger partial charge in [-0.2, -0.15) is 0 Å². The van der Waals surface area contributed by atoms with Gasteiger partial charge in [0.25, 0.3) is 0 Å². The third kappa shape index (κ3) is 3.32. The quantitative estimate of drug-likeness (QED) is 0.593. The number of hydrogen-bond acceptors (Lipinski definition) is 0. The molecule has 0 aromatic heterocycles. The van der Waals surface area contributed by atoms with Crippen LogP contribution >= 0.6 is 0 Å². The zero-order chi connectivity index (χ0) is 15.4. The third-order valence-electron chi connectivity index (χ3n) is 5.04. The maximum atomic E-state index is 3.79. The Morgan fingerprint density at radius 1 is 1.05 bits per heavy atom. The van der Waals surface area contributed by atoms with E-state index >= 15 is 0 Å². The molecule has 0 saturated heterocycles. The zero-order valence-electron chi connectivity index (χ0n) is 13.6. The first-order valence-electron chi connectivity index (χ1n) is 8.62. The molecule has 0 heteroatoms. The van der Waals surface area contributed by atoms with Crippen molar-refractivity contribution >= 4 is 0 Å². The lowest BCUT2D eigenvalue weighted by atomic mass is 9.81. The highest BCUT2D eigenvalue weighted by molar-refractivity contribution is 5.65. The van der Waals surface area contributed by atoms with Crippen molar-refractivity contribution in [2.45, 2.75) is 45.4 Å². The Balaban J connectivity index is 1.79. The second-order valence-corrected chi connectivity index (χ2v) is 6.52. The molecule has 1 aliphatic carbocycles. The highest BCUT2D eigenvalue weighted by Crippen LogP contribution is 2.31. The molecule has 114 valence electrons. The van der Waals surface area contributed by atoms with Crippen LogP contribution in [0.5, 0.6) is 0 Å². The van der Waals surface area contributed by atoms with Crippen LogP contribution in [0.3, 0.4) is 0 Å². The van der Waals surface area contributed by atoms with Crippen LogP contribution in [0.15, 0.2) is 55.1 Å². The SMILES string of the molecule is C=CCCc1ccc(-c2ccc3c(c2)CCC(CC)C3)cc1. The highest BCUT2D eigenvalue weighted by atomic mass is 14.2. The lowest BCUT2D eigenvalue weighted by Crippen LogP contribution is -2.13. The molecule has 0 aliphatic heterocycles. The minimum absolute atomic E-state index is 0.891. The van der Waals surface area contributed by atoms with Gasteiger partial charge in [0.15, 0.2) is 0 Å². The number of hydrogen-bond donors (Lipinski definition) is 0. The van der Waals surface area contributed by atoms with Crippen molar-refractivity contribution in [3.63, 3.8) is 0 Å². The molecule has 22 heavy (non-hydrogen) atoms. The van der Waals surface area contributed by atoms with Crippen molar-refractivity contribution in [3.8, 4) is 11.1 Å². The fourth-order valence-corrected chi connectivity index (χ4v) is 3.49. The summed E-state index contributed by atoms with van der Waals surface area (Å²) in [5.41, 5.74) is 7.24. The predicted molar refractivity (Wildman–Crippen MR) is 96.2 cm³/mol. The van der Waals surface area contributed by atoms with Crippen molar-refractivity contribution in [2.75, 3.05) is 0 Å². The molecule has 1 atom stereocenters. The molecule has 0 saturated carbocycles. The monoisotopic (exact) mass is 290 g/mol. The van der Waals surface area contributed by atoms with Crippen LogP contribution in [0, 0.1) is 5.92 Å². The van der Waals surface area contributed by atoms with Gasteiger partial charge in [0, 0.05) is 0 Å². The number of aryl methyl sites for hydroxylation is 2. The zero-order valence-corrected chi connectivity index (χ0v) is 13.6. The minimum atomic E-state index is 0.891. The number of rotatable bonds is 5. The van der Waals surface area contributed by atoms with Crippen LogP contribution in [0.1, 0.15) is 42.9 Å². The molecule has 1 aliphatic rings. The van der Waals surface area contributed by atoms with Crippen molar-refractivity contribution in [3.05, 3.63) is 71.8 Å². The number of allylic oxidation sites excluding steroid dienone is 1. The Morgan fingerprint density at radius 2 is 1.82 bits per heavy atom. The first-order chi connectivity index (χ1) is 10.8. The smallest absolute Gasteiger partial charge is 0.0181 e. The topological polar surface area (TPSA) is 0 Å². The number of fused-ring (bicyclic) bond motifs is 1. The van der Waals surface area contributed by atoms with Crippen LogP contribution in [-0.4, -0.2) is 0 Å². The molecular weight excluding hydrogens is 264 g/mol. The van der Waals surface area contributed by atoms with E-state index in [0.717, 1.165) is 18.8 Å². The van der Waals surface area contributed by atoms with Gasteiger partial charge in [-0.1, -0.05) is 61.9 Å². The van der Waals surface area contributed by atoms with Gasteiger partial charge in [-0.15, -0.1) is 6.58 Å². The Kier molecular flexibility index (Phi) is 4.77. The highest BCUT2D eigenvalue weighted by Gasteiger charge is 2.17. The molecule has 0 spiro atoms. The van der Waals surface area contributed by atoms with Crippen LogP contribution in [0.25, 0.3) is 11.1 Å². The normalized spacial score (nSPS) is 17.0. The van der Waals surface area contributed by atoms with Gasteiger partial charge in [-0.3, -0.25) is 0 Å². The van der Waals surface area contributed by atoms with Gasteiger partial charge in [0.2, 0.25) is 0 Å². The van der Waals surface area contributed by atoms with E-state index in [1.807, 2.05) is 6.08 Å². The van der Waals surface area contributed by atoms with Crippen molar-refractivity contribution in [1.82, 2.24) is 0 Å². The molecule has 2 aromatic carbocycles. The maximum absolute atomic E-state index is 3.79. The van der Waals surface area contributed by atoms with Gasteiger partial charge >= 0.3 is 0 Å². The second kappa shape index (κ2) is 6.96. The fourth-order valence-electron chi connectivity index (χ4n) is 3.49. The first-order valence-corrected chi connectivity index (χ1v) is 8.62. The summed E-state index contributed by atoms with van der Waals surface area (Å²) in [7, 11) is 0. The summed E-state index contributed by atoms with van der Waals surface area (Å²) < 4.78 is 0.